The fourth-order valence-electron chi connectivity index (χ4n) is 2.25. The van der Waals surface area contributed by atoms with E-state index in [1.807, 2.05) is 0 Å². The molecule has 8 heteroatoms. The standard InChI is InChI=1S/C13H15Cl2N5O/c14-9-6-10(15)12(17-7-9)13-18-11(21-19-13)8-20-4-1-2-16-3-5-20/h6-7,16H,1-5,8H2. The Kier molecular flexibility index (Phi) is 4.70. The van der Waals surface area contributed by atoms with Gasteiger partial charge in [0.05, 0.1) is 16.6 Å². The minimum atomic E-state index is 0.389. The fraction of sp³-hybridized carbons (Fsp3) is 0.462. The van der Waals surface area contributed by atoms with E-state index in [4.69, 9.17) is 27.7 Å². The topological polar surface area (TPSA) is 67.1 Å². The van der Waals surface area contributed by atoms with Crippen LogP contribution in [0.3, 0.4) is 0 Å². The van der Waals surface area contributed by atoms with Crippen LogP contribution in [0.15, 0.2) is 16.8 Å². The predicted octanol–water partition coefficient (Wildman–Crippen LogP) is 2.23. The van der Waals surface area contributed by atoms with E-state index in [0.29, 0.717) is 34.0 Å². The molecule has 2 aromatic heterocycles. The normalized spacial score (nSPS) is 16.9. The van der Waals surface area contributed by atoms with Crippen LogP contribution < -0.4 is 5.32 Å². The van der Waals surface area contributed by atoms with Gasteiger partial charge in [0.2, 0.25) is 11.7 Å². The maximum absolute atomic E-state index is 6.10. The molecule has 0 saturated carbocycles. The largest absolute Gasteiger partial charge is 0.337 e. The summed E-state index contributed by atoms with van der Waals surface area (Å²) < 4.78 is 5.29. The molecule has 0 amide bonds. The van der Waals surface area contributed by atoms with Gasteiger partial charge in [0.1, 0.15) is 5.69 Å². The molecule has 112 valence electrons. The highest BCUT2D eigenvalue weighted by atomic mass is 35.5. The Morgan fingerprint density at radius 3 is 3.05 bits per heavy atom. The van der Waals surface area contributed by atoms with E-state index in [1.165, 1.54) is 6.20 Å². The second kappa shape index (κ2) is 6.70. The first kappa shape index (κ1) is 14.7. The first-order valence-corrected chi connectivity index (χ1v) is 7.55. The maximum Gasteiger partial charge on any atom is 0.241 e. The van der Waals surface area contributed by atoms with E-state index in [9.17, 15) is 0 Å². The lowest BCUT2D eigenvalue weighted by atomic mass is 10.3. The third-order valence-corrected chi connectivity index (χ3v) is 3.77. The predicted molar refractivity (Wildman–Crippen MR) is 80.3 cm³/mol. The second-order valence-electron chi connectivity index (χ2n) is 4.88. The zero-order valence-electron chi connectivity index (χ0n) is 11.4. The van der Waals surface area contributed by atoms with Gasteiger partial charge in [-0.15, -0.1) is 0 Å². The van der Waals surface area contributed by atoms with Crippen molar-refractivity contribution in [3.8, 4) is 11.5 Å². The molecule has 0 radical (unpaired) electrons. The van der Waals surface area contributed by atoms with E-state index in [0.717, 1.165) is 32.6 Å². The van der Waals surface area contributed by atoms with Crippen molar-refractivity contribution in [2.75, 3.05) is 26.2 Å². The number of pyridine rings is 1. The van der Waals surface area contributed by atoms with Gasteiger partial charge in [-0.3, -0.25) is 4.90 Å². The number of halogens is 2. The van der Waals surface area contributed by atoms with Crippen molar-refractivity contribution < 1.29 is 4.52 Å². The Morgan fingerprint density at radius 2 is 2.19 bits per heavy atom. The molecule has 3 rings (SSSR count). The summed E-state index contributed by atoms with van der Waals surface area (Å²) in [6, 6.07) is 1.61. The van der Waals surface area contributed by atoms with Crippen molar-refractivity contribution in [3.05, 3.63) is 28.2 Å². The number of rotatable bonds is 3. The lowest BCUT2D eigenvalue weighted by Crippen LogP contribution is -2.27. The minimum absolute atomic E-state index is 0.389. The van der Waals surface area contributed by atoms with Crippen LogP contribution in [0, 0.1) is 0 Å². The Labute approximate surface area is 132 Å². The molecule has 2 aromatic rings. The summed E-state index contributed by atoms with van der Waals surface area (Å²) in [6.45, 7) is 4.66. The maximum atomic E-state index is 6.10. The van der Waals surface area contributed by atoms with E-state index >= 15 is 0 Å². The molecule has 1 N–H and O–H groups in total. The molecule has 21 heavy (non-hydrogen) atoms. The summed E-state index contributed by atoms with van der Waals surface area (Å²) in [7, 11) is 0. The van der Waals surface area contributed by atoms with Crippen LogP contribution in [-0.4, -0.2) is 46.2 Å². The average molecular weight is 328 g/mol. The Balaban J connectivity index is 1.73. The fourth-order valence-corrected chi connectivity index (χ4v) is 2.71. The van der Waals surface area contributed by atoms with E-state index < -0.39 is 0 Å². The van der Waals surface area contributed by atoms with Crippen LogP contribution >= 0.6 is 23.2 Å². The SMILES string of the molecule is Clc1cnc(-c2noc(CN3CCCNCC3)n2)c(Cl)c1. The van der Waals surface area contributed by atoms with E-state index in [2.05, 4.69) is 25.3 Å². The molecule has 0 aliphatic carbocycles. The van der Waals surface area contributed by atoms with Gasteiger partial charge in [0.25, 0.3) is 0 Å². The Hall–Kier alpha value is -1.21. The number of hydrogen-bond donors (Lipinski definition) is 1. The van der Waals surface area contributed by atoms with Crippen LogP contribution in [0.2, 0.25) is 10.0 Å². The van der Waals surface area contributed by atoms with Gasteiger partial charge in [0, 0.05) is 19.3 Å². The van der Waals surface area contributed by atoms with Gasteiger partial charge < -0.3 is 9.84 Å². The molecule has 1 aliphatic rings. The quantitative estimate of drug-likeness (QED) is 0.932. The molecule has 1 aliphatic heterocycles. The summed E-state index contributed by atoms with van der Waals surface area (Å²) in [5, 5.41) is 8.19. The van der Waals surface area contributed by atoms with Gasteiger partial charge in [-0.2, -0.15) is 4.98 Å². The summed E-state index contributed by atoms with van der Waals surface area (Å²) in [4.78, 5) is 10.8. The van der Waals surface area contributed by atoms with E-state index in [-0.39, 0.29) is 0 Å². The summed E-state index contributed by atoms with van der Waals surface area (Å²) in [5.41, 5.74) is 0.480. The molecular weight excluding hydrogens is 313 g/mol. The Bertz CT molecular complexity index is 610. The summed E-state index contributed by atoms with van der Waals surface area (Å²) in [5.74, 6) is 0.958. The van der Waals surface area contributed by atoms with Crippen LogP contribution in [0.5, 0.6) is 0 Å². The van der Waals surface area contributed by atoms with Crippen molar-refractivity contribution in [2.24, 2.45) is 0 Å². The van der Waals surface area contributed by atoms with Gasteiger partial charge in [0.15, 0.2) is 0 Å². The number of hydrogen-bond acceptors (Lipinski definition) is 6. The zero-order valence-corrected chi connectivity index (χ0v) is 12.9. The molecule has 0 unspecified atom stereocenters. The molecule has 0 bridgehead atoms. The van der Waals surface area contributed by atoms with Crippen molar-refractivity contribution in [2.45, 2.75) is 13.0 Å². The lowest BCUT2D eigenvalue weighted by molar-refractivity contribution is 0.239. The molecule has 3 heterocycles. The molecule has 0 atom stereocenters. The van der Waals surface area contributed by atoms with Crippen LogP contribution in [-0.2, 0) is 6.54 Å². The van der Waals surface area contributed by atoms with Crippen LogP contribution in [0.4, 0.5) is 0 Å². The smallest absolute Gasteiger partial charge is 0.241 e. The highest BCUT2D eigenvalue weighted by Gasteiger charge is 2.16. The van der Waals surface area contributed by atoms with Crippen molar-refractivity contribution in [3.63, 3.8) is 0 Å². The number of nitrogens with one attached hydrogen (secondary N) is 1. The highest BCUT2D eigenvalue weighted by Crippen LogP contribution is 2.25. The van der Waals surface area contributed by atoms with Gasteiger partial charge in [-0.1, -0.05) is 28.4 Å². The highest BCUT2D eigenvalue weighted by molar-refractivity contribution is 6.35. The van der Waals surface area contributed by atoms with Gasteiger partial charge in [-0.05, 0) is 25.6 Å². The van der Waals surface area contributed by atoms with Crippen LogP contribution in [0.25, 0.3) is 11.5 Å². The first-order valence-electron chi connectivity index (χ1n) is 6.79. The van der Waals surface area contributed by atoms with Crippen molar-refractivity contribution in [1.29, 1.82) is 0 Å². The first-order chi connectivity index (χ1) is 10.2. The number of aromatic nitrogens is 3. The Morgan fingerprint density at radius 1 is 1.29 bits per heavy atom. The lowest BCUT2D eigenvalue weighted by Gasteiger charge is -2.16. The van der Waals surface area contributed by atoms with Crippen LogP contribution in [0.1, 0.15) is 12.3 Å². The number of nitrogens with zero attached hydrogens (tertiary/aromatic N) is 4. The molecular formula is C13H15Cl2N5O. The zero-order chi connectivity index (χ0) is 14.7. The summed E-state index contributed by atoms with van der Waals surface area (Å²) in [6.07, 6.45) is 2.63. The van der Waals surface area contributed by atoms with Crippen molar-refractivity contribution >= 4 is 23.2 Å². The average Bonchev–Trinajstić information content (AvgIpc) is 2.75. The van der Waals surface area contributed by atoms with Crippen molar-refractivity contribution in [1.82, 2.24) is 25.3 Å². The van der Waals surface area contributed by atoms with Gasteiger partial charge >= 0.3 is 0 Å². The monoisotopic (exact) mass is 327 g/mol. The van der Waals surface area contributed by atoms with E-state index in [1.54, 1.807) is 6.07 Å². The molecule has 0 aromatic carbocycles. The molecule has 1 saturated heterocycles. The molecule has 1 fully saturated rings. The second-order valence-corrected chi connectivity index (χ2v) is 5.72. The van der Waals surface area contributed by atoms with Gasteiger partial charge in [-0.25, -0.2) is 4.98 Å². The third kappa shape index (κ3) is 3.71. The summed E-state index contributed by atoms with van der Waals surface area (Å²) >= 11 is 11.9. The molecule has 0 spiro atoms. The molecule has 6 nitrogen and oxygen atoms in total. The third-order valence-electron chi connectivity index (χ3n) is 3.28. The minimum Gasteiger partial charge on any atom is -0.337 e.